The minimum Gasteiger partial charge on any atom is -0.265 e. The van der Waals surface area contributed by atoms with Gasteiger partial charge in [-0.2, -0.15) is 0 Å². The van der Waals surface area contributed by atoms with Gasteiger partial charge < -0.3 is 0 Å². The van der Waals surface area contributed by atoms with Crippen LogP contribution in [0, 0.1) is 6.92 Å². The van der Waals surface area contributed by atoms with E-state index in [4.69, 9.17) is 0 Å². The fraction of sp³-hybridized carbons (Fsp3) is 0.444. The summed E-state index contributed by atoms with van der Waals surface area (Å²) in [6.45, 7) is 6.29. The summed E-state index contributed by atoms with van der Waals surface area (Å²) < 4.78 is 0. The Morgan fingerprint density at radius 1 is 1.20 bits per heavy atom. The Balaban J connectivity index is 0.000000236. The van der Waals surface area contributed by atoms with E-state index in [1.54, 1.807) is 12.4 Å². The molecule has 0 spiro atoms. The van der Waals surface area contributed by atoms with E-state index < -0.39 is 0 Å². The third kappa shape index (κ3) is 5.29. The largest absolute Gasteiger partial charge is 0.265 e. The van der Waals surface area contributed by atoms with Crippen molar-refractivity contribution in [2.24, 2.45) is 0 Å². The van der Waals surface area contributed by atoms with Gasteiger partial charge in [0.05, 0.1) is 0 Å². The lowest BCUT2D eigenvalue weighted by Crippen LogP contribution is -1.68. The summed E-state index contributed by atoms with van der Waals surface area (Å²) in [5.74, 6) is 0. The van der Waals surface area contributed by atoms with Gasteiger partial charge in [-0.15, -0.1) is 0 Å². The van der Waals surface area contributed by atoms with Crippen LogP contribution in [0.1, 0.15) is 25.8 Å². The SMILES string of the molecule is CCC.Cc1ccncc1. The predicted octanol–water partition coefficient (Wildman–Crippen LogP) is 2.81. The van der Waals surface area contributed by atoms with E-state index in [1.807, 2.05) is 19.1 Å². The lowest BCUT2D eigenvalue weighted by molar-refractivity contribution is 1.09. The Bertz CT molecular complexity index is 146. The third-order valence-electron chi connectivity index (χ3n) is 0.847. The van der Waals surface area contributed by atoms with E-state index in [0.717, 1.165) is 0 Å². The Morgan fingerprint density at radius 3 is 1.80 bits per heavy atom. The zero-order valence-electron chi connectivity index (χ0n) is 6.96. The summed E-state index contributed by atoms with van der Waals surface area (Å²) in [5.41, 5.74) is 1.26. The number of hydrogen-bond acceptors (Lipinski definition) is 1. The molecule has 0 aliphatic rings. The quantitative estimate of drug-likeness (QED) is 0.535. The van der Waals surface area contributed by atoms with Crippen molar-refractivity contribution < 1.29 is 0 Å². The van der Waals surface area contributed by atoms with Gasteiger partial charge in [0.15, 0.2) is 0 Å². The highest BCUT2D eigenvalue weighted by Crippen LogP contribution is 1.88. The van der Waals surface area contributed by atoms with Gasteiger partial charge in [0.25, 0.3) is 0 Å². The van der Waals surface area contributed by atoms with Crippen LogP contribution in [0.3, 0.4) is 0 Å². The van der Waals surface area contributed by atoms with Crippen molar-refractivity contribution in [2.75, 3.05) is 0 Å². The maximum absolute atomic E-state index is 3.85. The lowest BCUT2D eigenvalue weighted by atomic mass is 10.3. The molecule has 0 unspecified atom stereocenters. The van der Waals surface area contributed by atoms with Crippen LogP contribution < -0.4 is 0 Å². The van der Waals surface area contributed by atoms with E-state index >= 15 is 0 Å². The van der Waals surface area contributed by atoms with Crippen LogP contribution in [0.2, 0.25) is 0 Å². The molecule has 0 saturated heterocycles. The molecule has 0 aliphatic carbocycles. The molecule has 0 atom stereocenters. The smallest absolute Gasteiger partial charge is 0.0270 e. The maximum atomic E-state index is 3.85. The average Bonchev–Trinajstić information content (AvgIpc) is 1.91. The van der Waals surface area contributed by atoms with Crippen LogP contribution in [0.25, 0.3) is 0 Å². The molecule has 0 fully saturated rings. The summed E-state index contributed by atoms with van der Waals surface area (Å²) in [6, 6.07) is 3.94. The summed E-state index contributed by atoms with van der Waals surface area (Å²) in [7, 11) is 0. The number of aromatic nitrogens is 1. The van der Waals surface area contributed by atoms with Gasteiger partial charge in [-0.25, -0.2) is 0 Å². The molecule has 10 heavy (non-hydrogen) atoms. The highest BCUT2D eigenvalue weighted by molar-refractivity contribution is 5.05. The molecule has 0 saturated carbocycles. The zero-order chi connectivity index (χ0) is 7.82. The van der Waals surface area contributed by atoms with Crippen molar-refractivity contribution in [1.82, 2.24) is 4.98 Å². The molecular weight excluding hydrogens is 122 g/mol. The molecular formula is C9H15N. The van der Waals surface area contributed by atoms with Crippen LogP contribution in [-0.4, -0.2) is 4.98 Å². The van der Waals surface area contributed by atoms with Crippen molar-refractivity contribution in [3.8, 4) is 0 Å². The summed E-state index contributed by atoms with van der Waals surface area (Å²) >= 11 is 0. The second-order valence-electron chi connectivity index (χ2n) is 2.23. The molecule has 0 aliphatic heterocycles. The maximum Gasteiger partial charge on any atom is 0.0270 e. The number of aryl methyl sites for hydroxylation is 1. The molecule has 56 valence electrons. The molecule has 1 aromatic rings. The van der Waals surface area contributed by atoms with Crippen molar-refractivity contribution in [3.63, 3.8) is 0 Å². The fourth-order valence-electron chi connectivity index (χ4n) is 0.426. The molecule has 1 heteroatoms. The van der Waals surface area contributed by atoms with E-state index in [9.17, 15) is 0 Å². The Morgan fingerprint density at radius 2 is 1.60 bits per heavy atom. The molecule has 1 rings (SSSR count). The fourth-order valence-corrected chi connectivity index (χ4v) is 0.426. The van der Waals surface area contributed by atoms with E-state index in [-0.39, 0.29) is 0 Å². The molecule has 0 bridgehead atoms. The normalized spacial score (nSPS) is 7.90. The topological polar surface area (TPSA) is 12.9 Å². The van der Waals surface area contributed by atoms with E-state index in [2.05, 4.69) is 18.8 Å². The molecule has 0 N–H and O–H groups in total. The minimum atomic E-state index is 1.25. The van der Waals surface area contributed by atoms with Crippen molar-refractivity contribution >= 4 is 0 Å². The van der Waals surface area contributed by atoms with Crippen LogP contribution in [-0.2, 0) is 0 Å². The zero-order valence-corrected chi connectivity index (χ0v) is 6.96. The van der Waals surface area contributed by atoms with Gasteiger partial charge in [0.2, 0.25) is 0 Å². The van der Waals surface area contributed by atoms with Crippen molar-refractivity contribution in [1.29, 1.82) is 0 Å². The van der Waals surface area contributed by atoms with Gasteiger partial charge >= 0.3 is 0 Å². The Kier molecular flexibility index (Phi) is 5.74. The molecule has 0 aromatic carbocycles. The highest BCUT2D eigenvalue weighted by atomic mass is 14.6. The lowest BCUT2D eigenvalue weighted by Gasteiger charge is -1.82. The van der Waals surface area contributed by atoms with Gasteiger partial charge in [-0.1, -0.05) is 20.3 Å². The summed E-state index contributed by atoms with van der Waals surface area (Å²) in [6.07, 6.45) is 4.82. The standard InChI is InChI=1S/C6H7N.C3H8/c1-6-2-4-7-5-3-6;1-3-2/h2-5H,1H3;3H2,1-2H3. The first-order valence-corrected chi connectivity index (χ1v) is 3.67. The number of rotatable bonds is 0. The van der Waals surface area contributed by atoms with Crippen molar-refractivity contribution in [3.05, 3.63) is 30.1 Å². The Labute approximate surface area is 63.1 Å². The first kappa shape index (κ1) is 9.15. The van der Waals surface area contributed by atoms with E-state index in [1.165, 1.54) is 12.0 Å². The first-order chi connectivity index (χ1) is 4.81. The van der Waals surface area contributed by atoms with Gasteiger partial charge in [-0.3, -0.25) is 4.98 Å². The summed E-state index contributed by atoms with van der Waals surface area (Å²) in [5, 5.41) is 0. The van der Waals surface area contributed by atoms with Crippen molar-refractivity contribution in [2.45, 2.75) is 27.2 Å². The highest BCUT2D eigenvalue weighted by Gasteiger charge is 1.72. The average molecular weight is 137 g/mol. The minimum absolute atomic E-state index is 1.25. The van der Waals surface area contributed by atoms with Gasteiger partial charge in [0, 0.05) is 12.4 Å². The predicted molar refractivity (Wildman–Crippen MR) is 44.9 cm³/mol. The number of hydrogen-bond donors (Lipinski definition) is 0. The molecule has 1 aromatic heterocycles. The van der Waals surface area contributed by atoms with Gasteiger partial charge in [0.1, 0.15) is 0 Å². The van der Waals surface area contributed by atoms with Crippen LogP contribution >= 0.6 is 0 Å². The van der Waals surface area contributed by atoms with Crippen LogP contribution in [0.15, 0.2) is 24.5 Å². The molecule has 1 nitrogen and oxygen atoms in total. The molecule has 0 radical (unpaired) electrons. The number of nitrogens with zero attached hydrogens (tertiary/aromatic N) is 1. The van der Waals surface area contributed by atoms with Crippen LogP contribution in [0.5, 0.6) is 0 Å². The van der Waals surface area contributed by atoms with Gasteiger partial charge in [-0.05, 0) is 24.6 Å². The summed E-state index contributed by atoms with van der Waals surface area (Å²) in [4.78, 5) is 3.85. The Hall–Kier alpha value is -0.850. The first-order valence-electron chi connectivity index (χ1n) is 3.67. The van der Waals surface area contributed by atoms with E-state index in [0.29, 0.717) is 0 Å². The molecule has 0 amide bonds. The second-order valence-corrected chi connectivity index (χ2v) is 2.23. The number of pyridine rings is 1. The second kappa shape index (κ2) is 6.27. The van der Waals surface area contributed by atoms with Crippen LogP contribution in [0.4, 0.5) is 0 Å². The molecule has 1 heterocycles. The third-order valence-corrected chi connectivity index (χ3v) is 0.847. The monoisotopic (exact) mass is 137 g/mol.